The van der Waals surface area contributed by atoms with Crippen molar-refractivity contribution in [2.24, 2.45) is 5.41 Å². The van der Waals surface area contributed by atoms with Gasteiger partial charge in [-0.3, -0.25) is 4.79 Å². The first-order valence-corrected chi connectivity index (χ1v) is 5.12. The number of ether oxygens (including phenoxy) is 1. The average Bonchev–Trinajstić information content (AvgIpc) is 1.95. The van der Waals surface area contributed by atoms with Gasteiger partial charge in [0.25, 0.3) is 0 Å². The van der Waals surface area contributed by atoms with E-state index in [1.165, 1.54) is 6.92 Å². The Labute approximate surface area is 91.4 Å². The first-order chi connectivity index (χ1) is 6.64. The molecule has 0 aromatic heterocycles. The van der Waals surface area contributed by atoms with Crippen LogP contribution in [0.4, 0.5) is 4.79 Å². The molecule has 0 aliphatic heterocycles. The minimum atomic E-state index is -0.542. The maximum atomic E-state index is 11.3. The molecule has 0 aromatic rings. The van der Waals surface area contributed by atoms with E-state index >= 15 is 0 Å². The largest absolute Gasteiger partial charge is 0.447 e. The number of carbonyl (C=O) groups is 2. The van der Waals surface area contributed by atoms with Gasteiger partial charge in [0.2, 0.25) is 0 Å². The highest BCUT2D eigenvalue weighted by Gasteiger charge is 2.30. The molecule has 0 aromatic carbocycles. The van der Waals surface area contributed by atoms with Crippen LogP contribution in [0.1, 0.15) is 41.5 Å². The predicted molar refractivity (Wildman–Crippen MR) is 58.7 cm³/mol. The number of hydrogen-bond donors (Lipinski definition) is 1. The normalized spacial score (nSPS) is 13.5. The van der Waals surface area contributed by atoms with Gasteiger partial charge in [-0.15, -0.1) is 0 Å². The number of carbonyl (C=O) groups excluding carboxylic acids is 2. The standard InChI is InChI=1S/C11H21NO3/c1-7(2)15-10(14)12-9(8(3)13)11(4,5)6/h7,9H,1-6H3,(H,12,14)/t9-/m1/s1. The van der Waals surface area contributed by atoms with Crippen molar-refractivity contribution in [1.29, 1.82) is 0 Å². The summed E-state index contributed by atoms with van der Waals surface area (Å²) in [6.07, 6.45) is -0.724. The van der Waals surface area contributed by atoms with Crippen molar-refractivity contribution in [3.63, 3.8) is 0 Å². The van der Waals surface area contributed by atoms with E-state index in [0.29, 0.717) is 0 Å². The lowest BCUT2D eigenvalue weighted by atomic mass is 9.85. The van der Waals surface area contributed by atoms with E-state index in [9.17, 15) is 9.59 Å². The molecule has 1 N–H and O–H groups in total. The van der Waals surface area contributed by atoms with Gasteiger partial charge < -0.3 is 10.1 Å². The molecular weight excluding hydrogens is 194 g/mol. The molecule has 88 valence electrons. The molecule has 0 bridgehead atoms. The molecule has 15 heavy (non-hydrogen) atoms. The van der Waals surface area contributed by atoms with Gasteiger partial charge in [-0.05, 0) is 26.2 Å². The van der Waals surface area contributed by atoms with Crippen LogP contribution in [0.3, 0.4) is 0 Å². The molecule has 0 aliphatic rings. The number of hydrogen-bond acceptors (Lipinski definition) is 3. The highest BCUT2D eigenvalue weighted by atomic mass is 16.6. The van der Waals surface area contributed by atoms with Crippen LogP contribution in [0, 0.1) is 5.41 Å². The van der Waals surface area contributed by atoms with Gasteiger partial charge in [0.05, 0.1) is 12.1 Å². The second-order valence-electron chi connectivity index (χ2n) is 5.01. The second-order valence-corrected chi connectivity index (χ2v) is 5.01. The van der Waals surface area contributed by atoms with Crippen molar-refractivity contribution < 1.29 is 14.3 Å². The molecule has 0 aliphatic carbocycles. The van der Waals surface area contributed by atoms with Gasteiger partial charge in [0, 0.05) is 0 Å². The molecule has 0 radical (unpaired) electrons. The fourth-order valence-corrected chi connectivity index (χ4v) is 1.29. The summed E-state index contributed by atoms with van der Waals surface area (Å²) >= 11 is 0. The summed E-state index contributed by atoms with van der Waals surface area (Å²) in [5.41, 5.74) is -0.304. The molecule has 0 unspecified atom stereocenters. The Kier molecular flexibility index (Phi) is 4.78. The Balaban J connectivity index is 4.44. The first kappa shape index (κ1) is 13.9. The van der Waals surface area contributed by atoms with Crippen molar-refractivity contribution >= 4 is 11.9 Å². The number of nitrogens with one attached hydrogen (secondary N) is 1. The Hall–Kier alpha value is -1.06. The molecule has 0 saturated heterocycles. The van der Waals surface area contributed by atoms with E-state index < -0.39 is 12.1 Å². The summed E-state index contributed by atoms with van der Waals surface area (Å²) in [5.74, 6) is -0.0665. The summed E-state index contributed by atoms with van der Waals surface area (Å²) in [6.45, 7) is 10.7. The van der Waals surface area contributed by atoms with Crippen LogP contribution in [-0.2, 0) is 9.53 Å². The van der Waals surface area contributed by atoms with E-state index in [0.717, 1.165) is 0 Å². The lowest BCUT2D eigenvalue weighted by Crippen LogP contribution is -2.48. The van der Waals surface area contributed by atoms with Crippen LogP contribution in [0.15, 0.2) is 0 Å². The highest BCUT2D eigenvalue weighted by Crippen LogP contribution is 2.20. The SMILES string of the molecule is CC(=O)[C@@H](NC(=O)OC(C)C)C(C)(C)C. The molecular formula is C11H21NO3. The number of rotatable bonds is 3. The van der Waals surface area contributed by atoms with Gasteiger partial charge in [-0.2, -0.15) is 0 Å². The van der Waals surface area contributed by atoms with Gasteiger partial charge in [-0.1, -0.05) is 20.8 Å². The Morgan fingerprint density at radius 1 is 1.20 bits per heavy atom. The van der Waals surface area contributed by atoms with E-state index in [-0.39, 0.29) is 17.3 Å². The number of Topliss-reactive ketones (excluding diaryl/α,β-unsaturated/α-hetero) is 1. The van der Waals surface area contributed by atoms with Crippen molar-refractivity contribution in [2.45, 2.75) is 53.7 Å². The van der Waals surface area contributed by atoms with Crippen molar-refractivity contribution in [2.75, 3.05) is 0 Å². The fraction of sp³-hybridized carbons (Fsp3) is 0.818. The van der Waals surface area contributed by atoms with E-state index in [1.54, 1.807) is 13.8 Å². The maximum absolute atomic E-state index is 11.3. The Morgan fingerprint density at radius 3 is 1.93 bits per heavy atom. The smallest absolute Gasteiger partial charge is 0.407 e. The predicted octanol–water partition coefficient (Wildman–Crippen LogP) is 2.12. The van der Waals surface area contributed by atoms with Crippen molar-refractivity contribution in [3.05, 3.63) is 0 Å². The average molecular weight is 215 g/mol. The minimum absolute atomic E-state index is 0.0665. The Morgan fingerprint density at radius 2 is 1.67 bits per heavy atom. The third kappa shape index (κ3) is 5.40. The first-order valence-electron chi connectivity index (χ1n) is 5.12. The zero-order valence-electron chi connectivity index (χ0n) is 10.4. The zero-order chi connectivity index (χ0) is 12.2. The fourth-order valence-electron chi connectivity index (χ4n) is 1.29. The topological polar surface area (TPSA) is 55.4 Å². The number of amides is 1. The third-order valence-corrected chi connectivity index (χ3v) is 1.88. The van der Waals surface area contributed by atoms with Crippen LogP contribution in [-0.4, -0.2) is 24.0 Å². The molecule has 0 spiro atoms. The van der Waals surface area contributed by atoms with Crippen LogP contribution in [0.2, 0.25) is 0 Å². The molecule has 1 amide bonds. The maximum Gasteiger partial charge on any atom is 0.407 e. The van der Waals surface area contributed by atoms with Gasteiger partial charge in [-0.25, -0.2) is 4.79 Å². The number of ketones is 1. The van der Waals surface area contributed by atoms with Crippen molar-refractivity contribution in [1.82, 2.24) is 5.32 Å². The Bertz CT molecular complexity index is 241. The summed E-state index contributed by atoms with van der Waals surface area (Å²) in [6, 6.07) is -0.510. The van der Waals surface area contributed by atoms with Crippen molar-refractivity contribution in [3.8, 4) is 0 Å². The van der Waals surface area contributed by atoms with Crippen LogP contribution in [0.5, 0.6) is 0 Å². The number of alkyl carbamates (subject to hydrolysis) is 1. The molecule has 1 atom stereocenters. The zero-order valence-corrected chi connectivity index (χ0v) is 10.4. The van der Waals surface area contributed by atoms with Crippen LogP contribution < -0.4 is 5.32 Å². The monoisotopic (exact) mass is 215 g/mol. The molecule has 4 nitrogen and oxygen atoms in total. The van der Waals surface area contributed by atoms with Gasteiger partial charge in [0.1, 0.15) is 0 Å². The summed E-state index contributed by atoms with van der Waals surface area (Å²) < 4.78 is 4.92. The van der Waals surface area contributed by atoms with E-state index in [4.69, 9.17) is 4.74 Å². The highest BCUT2D eigenvalue weighted by molar-refractivity contribution is 5.86. The summed E-state index contributed by atoms with van der Waals surface area (Å²) in [5, 5.41) is 2.58. The lowest BCUT2D eigenvalue weighted by Gasteiger charge is -2.29. The van der Waals surface area contributed by atoms with E-state index in [1.807, 2.05) is 20.8 Å². The van der Waals surface area contributed by atoms with Gasteiger partial charge in [0.15, 0.2) is 5.78 Å². The summed E-state index contributed by atoms with van der Waals surface area (Å²) in [7, 11) is 0. The van der Waals surface area contributed by atoms with Gasteiger partial charge >= 0.3 is 6.09 Å². The van der Waals surface area contributed by atoms with Crippen LogP contribution in [0.25, 0.3) is 0 Å². The second kappa shape index (κ2) is 5.14. The lowest BCUT2D eigenvalue weighted by molar-refractivity contribution is -0.121. The molecule has 0 rings (SSSR count). The minimum Gasteiger partial charge on any atom is -0.447 e. The third-order valence-electron chi connectivity index (χ3n) is 1.88. The van der Waals surface area contributed by atoms with E-state index in [2.05, 4.69) is 5.32 Å². The molecule has 0 fully saturated rings. The quantitative estimate of drug-likeness (QED) is 0.784. The molecule has 4 heteroatoms. The molecule has 0 saturated carbocycles. The molecule has 0 heterocycles. The summed E-state index contributed by atoms with van der Waals surface area (Å²) in [4.78, 5) is 22.7. The van der Waals surface area contributed by atoms with Crippen LogP contribution >= 0.6 is 0 Å².